The number of rotatable bonds is 4. The Bertz CT molecular complexity index is 988. The molecule has 0 fully saturated rings. The van der Waals surface area contributed by atoms with Gasteiger partial charge in [0.15, 0.2) is 0 Å². The van der Waals surface area contributed by atoms with E-state index < -0.39 is 11.9 Å². The molecule has 6 heteroatoms. The van der Waals surface area contributed by atoms with Crippen LogP contribution in [-0.2, 0) is 9.59 Å². The first-order valence-electron chi connectivity index (χ1n) is 7.62. The summed E-state index contributed by atoms with van der Waals surface area (Å²) in [6, 6.07) is 13.5. The highest BCUT2D eigenvalue weighted by Crippen LogP contribution is 2.31. The number of aromatic nitrogens is 1. The molecule has 3 aromatic rings. The van der Waals surface area contributed by atoms with E-state index in [1.807, 2.05) is 24.3 Å². The molecule has 0 aliphatic carbocycles. The van der Waals surface area contributed by atoms with Crippen LogP contribution in [0.25, 0.3) is 20.8 Å². The van der Waals surface area contributed by atoms with E-state index in [1.165, 1.54) is 12.5 Å². The quantitative estimate of drug-likeness (QED) is 0.688. The molecule has 0 radical (unpaired) electrons. The molecular formula is C19H16N2O3S. The number of hydrogen-bond donors (Lipinski definition) is 2. The number of fused-ring (bicyclic) bond motifs is 1. The van der Waals surface area contributed by atoms with Crippen molar-refractivity contribution in [1.29, 1.82) is 0 Å². The Hall–Kier alpha value is -2.99. The molecule has 3 rings (SSSR count). The van der Waals surface area contributed by atoms with Gasteiger partial charge in [-0.1, -0.05) is 6.07 Å². The van der Waals surface area contributed by atoms with E-state index in [4.69, 9.17) is 5.11 Å². The molecule has 2 N–H and O–H groups in total. The molecule has 126 valence electrons. The summed E-state index contributed by atoms with van der Waals surface area (Å²) >= 11 is 1.62. The summed E-state index contributed by atoms with van der Waals surface area (Å²) in [7, 11) is 0. The predicted octanol–water partition coefficient (Wildman–Crippen LogP) is 4.24. The van der Waals surface area contributed by atoms with E-state index >= 15 is 0 Å². The fraction of sp³-hybridized carbons (Fsp3) is 0.105. The number of nitrogens with zero attached hydrogens (tertiary/aromatic N) is 1. The van der Waals surface area contributed by atoms with Gasteiger partial charge in [-0.2, -0.15) is 0 Å². The van der Waals surface area contributed by atoms with E-state index in [-0.39, 0.29) is 5.57 Å². The second-order valence-electron chi connectivity index (χ2n) is 5.69. The minimum absolute atomic E-state index is 0.137. The third-order valence-corrected chi connectivity index (χ3v) is 4.70. The largest absolute Gasteiger partial charge is 0.478 e. The van der Waals surface area contributed by atoms with E-state index in [1.54, 1.807) is 23.5 Å². The maximum Gasteiger partial charge on any atom is 0.328 e. The molecule has 0 aliphatic rings. The smallest absolute Gasteiger partial charge is 0.328 e. The Morgan fingerprint density at radius 3 is 2.56 bits per heavy atom. The number of carboxylic acid groups (broad SMARTS) is 1. The van der Waals surface area contributed by atoms with Gasteiger partial charge in [-0.15, -0.1) is 11.3 Å². The molecular weight excluding hydrogens is 336 g/mol. The second kappa shape index (κ2) is 6.86. The van der Waals surface area contributed by atoms with Crippen LogP contribution in [0.1, 0.15) is 12.5 Å². The maximum absolute atomic E-state index is 11.9. The molecule has 0 saturated carbocycles. The van der Waals surface area contributed by atoms with Crippen LogP contribution in [0.3, 0.4) is 0 Å². The topological polar surface area (TPSA) is 79.3 Å². The summed E-state index contributed by atoms with van der Waals surface area (Å²) in [6.45, 7) is 3.51. The summed E-state index contributed by atoms with van der Waals surface area (Å²) in [5, 5.41) is 12.3. The number of anilines is 1. The monoisotopic (exact) mass is 352 g/mol. The maximum atomic E-state index is 11.9. The van der Waals surface area contributed by atoms with Gasteiger partial charge in [0.2, 0.25) is 0 Å². The minimum atomic E-state index is -1.14. The third-order valence-electron chi connectivity index (χ3n) is 3.63. The lowest BCUT2D eigenvalue weighted by Crippen LogP contribution is -2.13. The van der Waals surface area contributed by atoms with Crippen molar-refractivity contribution in [2.24, 2.45) is 0 Å². The Kier molecular flexibility index (Phi) is 4.63. The lowest BCUT2D eigenvalue weighted by atomic mass is 10.2. The van der Waals surface area contributed by atoms with Crippen molar-refractivity contribution in [2.75, 3.05) is 5.32 Å². The predicted molar refractivity (Wildman–Crippen MR) is 99.8 cm³/mol. The van der Waals surface area contributed by atoms with Crippen molar-refractivity contribution in [1.82, 2.24) is 4.98 Å². The first-order chi connectivity index (χ1) is 11.9. The van der Waals surface area contributed by atoms with Gasteiger partial charge in [0.05, 0.1) is 10.2 Å². The first-order valence-corrected chi connectivity index (χ1v) is 8.44. The minimum Gasteiger partial charge on any atom is -0.478 e. The Morgan fingerprint density at radius 2 is 1.88 bits per heavy atom. The molecule has 0 aliphatic heterocycles. The number of amides is 1. The Morgan fingerprint density at radius 1 is 1.16 bits per heavy atom. The number of aliphatic carboxylic acids is 1. The molecule has 0 spiro atoms. The van der Waals surface area contributed by atoms with Crippen LogP contribution in [0.15, 0.2) is 54.1 Å². The van der Waals surface area contributed by atoms with Crippen LogP contribution in [-0.4, -0.2) is 22.0 Å². The summed E-state index contributed by atoms with van der Waals surface area (Å²) in [6.07, 6.45) is 0.882. The normalized spacial score (nSPS) is 11.5. The van der Waals surface area contributed by atoms with Gasteiger partial charge < -0.3 is 10.4 Å². The molecule has 25 heavy (non-hydrogen) atoms. The zero-order valence-corrected chi connectivity index (χ0v) is 14.6. The van der Waals surface area contributed by atoms with Crippen molar-refractivity contribution in [3.8, 4) is 10.6 Å². The third kappa shape index (κ3) is 3.92. The zero-order chi connectivity index (χ0) is 18.0. The highest BCUT2D eigenvalue weighted by atomic mass is 32.1. The van der Waals surface area contributed by atoms with E-state index in [0.717, 1.165) is 26.9 Å². The molecule has 1 heterocycles. The van der Waals surface area contributed by atoms with Crippen LogP contribution in [0.2, 0.25) is 0 Å². The highest BCUT2D eigenvalue weighted by Gasteiger charge is 2.09. The van der Waals surface area contributed by atoms with Crippen LogP contribution >= 0.6 is 11.3 Å². The summed E-state index contributed by atoms with van der Waals surface area (Å²) < 4.78 is 1.14. The van der Waals surface area contributed by atoms with Crippen LogP contribution in [0.4, 0.5) is 5.69 Å². The van der Waals surface area contributed by atoms with Gasteiger partial charge in [-0.3, -0.25) is 4.79 Å². The number of benzene rings is 2. The lowest BCUT2D eigenvalue weighted by Gasteiger charge is -2.05. The molecule has 2 aromatic carbocycles. The van der Waals surface area contributed by atoms with Gasteiger partial charge in [0.25, 0.3) is 5.91 Å². The number of carbonyl (C=O) groups is 2. The fourth-order valence-corrected chi connectivity index (χ4v) is 3.40. The lowest BCUT2D eigenvalue weighted by molar-refractivity contribution is -0.131. The van der Waals surface area contributed by atoms with E-state index in [2.05, 4.69) is 23.3 Å². The Labute approximate surface area is 148 Å². The number of thiazole rings is 1. The fourth-order valence-electron chi connectivity index (χ4n) is 2.33. The molecule has 1 aromatic heterocycles. The zero-order valence-electron chi connectivity index (χ0n) is 13.7. The van der Waals surface area contributed by atoms with Crippen LogP contribution in [0.5, 0.6) is 0 Å². The van der Waals surface area contributed by atoms with Crippen molar-refractivity contribution in [3.63, 3.8) is 0 Å². The standard InChI is InChI=1S/C19H16N2O3S/c1-11-3-8-15-16(9-11)25-19(21-15)13-4-6-14(7-5-13)20-18(24)12(2)10-17(22)23/h3-10H,1-2H3,(H,20,24)(H,22,23)/b12-10+. The Balaban J connectivity index is 1.79. The molecule has 0 atom stereocenters. The number of hydrogen-bond acceptors (Lipinski definition) is 4. The summed E-state index contributed by atoms with van der Waals surface area (Å²) in [5.41, 5.74) is 3.87. The average molecular weight is 352 g/mol. The van der Waals surface area contributed by atoms with E-state index in [0.29, 0.717) is 5.69 Å². The van der Waals surface area contributed by atoms with Gasteiger partial charge >= 0.3 is 5.97 Å². The van der Waals surface area contributed by atoms with Crippen molar-refractivity contribution in [3.05, 3.63) is 59.7 Å². The van der Waals surface area contributed by atoms with Gasteiger partial charge in [-0.25, -0.2) is 9.78 Å². The molecule has 0 bridgehead atoms. The molecule has 5 nitrogen and oxygen atoms in total. The molecule has 0 saturated heterocycles. The number of nitrogens with one attached hydrogen (secondary N) is 1. The van der Waals surface area contributed by atoms with Gasteiger partial charge in [0.1, 0.15) is 5.01 Å². The number of carboxylic acids is 1. The SMILES string of the molecule is C/C(=C\C(=O)O)C(=O)Nc1ccc(-c2nc3ccc(C)cc3s2)cc1. The first kappa shape index (κ1) is 16.9. The van der Waals surface area contributed by atoms with Gasteiger partial charge in [0, 0.05) is 22.9 Å². The number of carbonyl (C=O) groups excluding carboxylic acids is 1. The highest BCUT2D eigenvalue weighted by molar-refractivity contribution is 7.21. The average Bonchev–Trinajstić information content (AvgIpc) is 2.97. The van der Waals surface area contributed by atoms with Crippen LogP contribution < -0.4 is 5.32 Å². The van der Waals surface area contributed by atoms with Gasteiger partial charge in [-0.05, 0) is 55.8 Å². The van der Waals surface area contributed by atoms with Crippen molar-refractivity contribution in [2.45, 2.75) is 13.8 Å². The molecule has 1 amide bonds. The molecule has 0 unspecified atom stereocenters. The second-order valence-corrected chi connectivity index (χ2v) is 6.72. The summed E-state index contributed by atoms with van der Waals surface area (Å²) in [4.78, 5) is 27.1. The number of aryl methyl sites for hydroxylation is 1. The van der Waals surface area contributed by atoms with Crippen LogP contribution in [0, 0.1) is 6.92 Å². The van der Waals surface area contributed by atoms with Crippen molar-refractivity contribution >= 4 is 39.1 Å². The summed E-state index contributed by atoms with van der Waals surface area (Å²) in [5.74, 6) is -1.58. The van der Waals surface area contributed by atoms with Crippen molar-refractivity contribution < 1.29 is 14.7 Å². The van der Waals surface area contributed by atoms with E-state index in [9.17, 15) is 9.59 Å².